The van der Waals surface area contributed by atoms with Crippen molar-refractivity contribution in [1.82, 2.24) is 19.7 Å². The summed E-state index contributed by atoms with van der Waals surface area (Å²) in [5.41, 5.74) is 13.8. The summed E-state index contributed by atoms with van der Waals surface area (Å²) in [6.45, 7) is 6.93. The van der Waals surface area contributed by atoms with Gasteiger partial charge in [0.15, 0.2) is 0 Å². The van der Waals surface area contributed by atoms with E-state index in [2.05, 4.69) is 53.2 Å². The molecule has 0 saturated carbocycles. The van der Waals surface area contributed by atoms with Crippen molar-refractivity contribution in [2.45, 2.75) is 26.4 Å². The fourth-order valence-electron chi connectivity index (χ4n) is 4.23. The summed E-state index contributed by atoms with van der Waals surface area (Å²) < 4.78 is 8.22. The third-order valence-electron chi connectivity index (χ3n) is 5.49. The summed E-state index contributed by atoms with van der Waals surface area (Å²) in [5.74, 6) is 0. The number of benzene rings is 1. The molecule has 0 amide bonds. The van der Waals surface area contributed by atoms with E-state index in [1.54, 1.807) is 0 Å². The number of aromatic nitrogens is 2. The van der Waals surface area contributed by atoms with Gasteiger partial charge in [-0.15, -0.1) is 0 Å². The molecule has 6 nitrogen and oxygen atoms in total. The molecule has 3 heterocycles. The number of hydrogen-bond acceptors (Lipinski definition) is 5. The van der Waals surface area contributed by atoms with Gasteiger partial charge in [-0.2, -0.15) is 0 Å². The molecule has 2 aromatic heterocycles. The first kappa shape index (κ1) is 20.2. The Morgan fingerprint density at radius 1 is 1.24 bits per heavy atom. The largest absolute Gasteiger partial charge is 0.375 e. The highest BCUT2D eigenvalue weighted by atomic mass is 35.5. The van der Waals surface area contributed by atoms with E-state index in [4.69, 9.17) is 21.3 Å². The Labute approximate surface area is 176 Å². The quantitative estimate of drug-likeness (QED) is 0.625. The molecule has 1 atom stereocenters. The molecule has 0 radical (unpaired) electrons. The van der Waals surface area contributed by atoms with E-state index in [-0.39, 0.29) is 6.10 Å². The second-order valence-electron chi connectivity index (χ2n) is 7.80. The Morgan fingerprint density at radius 3 is 2.69 bits per heavy atom. The van der Waals surface area contributed by atoms with E-state index in [1.165, 1.54) is 16.7 Å². The fourth-order valence-corrected chi connectivity index (χ4v) is 4.38. The van der Waals surface area contributed by atoms with E-state index in [1.807, 2.05) is 25.4 Å². The summed E-state index contributed by atoms with van der Waals surface area (Å²) in [4.78, 5) is 7.32. The zero-order valence-electron chi connectivity index (χ0n) is 17.4. The van der Waals surface area contributed by atoms with Gasteiger partial charge in [-0.3, -0.25) is 0 Å². The van der Waals surface area contributed by atoms with Crippen LogP contribution < -0.4 is 10.9 Å². The van der Waals surface area contributed by atoms with Crippen molar-refractivity contribution in [2.75, 3.05) is 39.2 Å². The van der Waals surface area contributed by atoms with Gasteiger partial charge in [0.2, 0.25) is 0 Å². The molecule has 1 aliphatic heterocycles. The molecule has 0 aliphatic carbocycles. The molecule has 1 aliphatic rings. The van der Waals surface area contributed by atoms with Gasteiger partial charge in [0.1, 0.15) is 5.65 Å². The number of imidazole rings is 1. The van der Waals surface area contributed by atoms with E-state index in [9.17, 15) is 0 Å². The number of fused-ring (bicyclic) bond motifs is 1. The summed E-state index contributed by atoms with van der Waals surface area (Å²) in [6.07, 6.45) is 2.96. The smallest absolute Gasteiger partial charge is 0.139 e. The third kappa shape index (κ3) is 4.12. The maximum Gasteiger partial charge on any atom is 0.139 e. The SMILES string of the molecule is CNNc1cc(C)c(-c2nc3cc(Cl)ccn3c2CC2CN(C)CCO2)c(C)c1. The van der Waals surface area contributed by atoms with Gasteiger partial charge in [0.25, 0.3) is 0 Å². The lowest BCUT2D eigenvalue weighted by atomic mass is 9.96. The molecule has 0 bridgehead atoms. The highest BCUT2D eigenvalue weighted by Crippen LogP contribution is 2.34. The van der Waals surface area contributed by atoms with Crippen molar-refractivity contribution in [3.63, 3.8) is 0 Å². The first-order valence-electron chi connectivity index (χ1n) is 9.97. The summed E-state index contributed by atoms with van der Waals surface area (Å²) in [5, 5.41) is 0.691. The summed E-state index contributed by atoms with van der Waals surface area (Å²) in [7, 11) is 4.01. The van der Waals surface area contributed by atoms with Crippen molar-refractivity contribution in [2.24, 2.45) is 0 Å². The number of anilines is 1. The lowest BCUT2D eigenvalue weighted by Gasteiger charge is -2.30. The van der Waals surface area contributed by atoms with Crippen molar-refractivity contribution in [1.29, 1.82) is 0 Å². The number of pyridine rings is 1. The monoisotopic (exact) mass is 413 g/mol. The molecule has 1 aromatic carbocycles. The second-order valence-corrected chi connectivity index (χ2v) is 8.24. The van der Waals surface area contributed by atoms with Crippen LogP contribution in [-0.2, 0) is 11.2 Å². The normalized spacial score (nSPS) is 17.8. The number of nitrogens with zero attached hydrogens (tertiary/aromatic N) is 3. The van der Waals surface area contributed by atoms with Gasteiger partial charge in [0, 0.05) is 55.1 Å². The Bertz CT molecular complexity index is 1010. The molecule has 2 N–H and O–H groups in total. The van der Waals surface area contributed by atoms with Crippen LogP contribution in [0, 0.1) is 13.8 Å². The average molecular weight is 414 g/mol. The number of nitrogens with one attached hydrogen (secondary N) is 2. The summed E-state index contributed by atoms with van der Waals surface area (Å²) in [6, 6.07) is 8.12. The topological polar surface area (TPSA) is 53.8 Å². The molecule has 1 unspecified atom stereocenters. The van der Waals surface area contributed by atoms with Gasteiger partial charge in [-0.05, 0) is 50.2 Å². The first-order valence-corrected chi connectivity index (χ1v) is 10.3. The molecule has 29 heavy (non-hydrogen) atoms. The van der Waals surface area contributed by atoms with Crippen molar-refractivity contribution in [3.05, 3.63) is 52.3 Å². The standard InChI is InChI=1S/C22H28ClN5O/c1-14-9-17(26-24-3)10-15(2)21(14)22-19(12-18-13-27(4)7-8-29-18)28-6-5-16(23)11-20(28)25-22/h5-6,9-11,18,24,26H,7-8,12-13H2,1-4H3. The minimum atomic E-state index is 0.147. The lowest BCUT2D eigenvalue weighted by molar-refractivity contribution is -0.0190. The number of likely N-dealkylation sites (N-methyl/N-ethyl adjacent to an activating group) is 1. The molecule has 1 fully saturated rings. The Kier molecular flexibility index (Phi) is 5.79. The zero-order chi connectivity index (χ0) is 20.5. The lowest BCUT2D eigenvalue weighted by Crippen LogP contribution is -2.41. The first-order chi connectivity index (χ1) is 14.0. The van der Waals surface area contributed by atoms with Crippen LogP contribution in [0.2, 0.25) is 5.02 Å². The second kappa shape index (κ2) is 8.32. The van der Waals surface area contributed by atoms with Gasteiger partial charge in [-0.25, -0.2) is 10.4 Å². The Hall–Kier alpha value is -2.12. The van der Waals surface area contributed by atoms with Crippen molar-refractivity contribution in [3.8, 4) is 11.3 Å². The van der Waals surface area contributed by atoms with Crippen LogP contribution in [0.3, 0.4) is 0 Å². The minimum Gasteiger partial charge on any atom is -0.375 e. The number of ether oxygens (including phenoxy) is 1. The van der Waals surface area contributed by atoms with Crippen LogP contribution in [0.5, 0.6) is 0 Å². The van der Waals surface area contributed by atoms with E-state index >= 15 is 0 Å². The maximum atomic E-state index is 6.26. The molecule has 0 spiro atoms. The molecule has 4 rings (SSSR count). The predicted octanol–water partition coefficient (Wildman–Crippen LogP) is 3.69. The van der Waals surface area contributed by atoms with E-state index in [0.29, 0.717) is 5.02 Å². The Morgan fingerprint density at radius 2 is 2.00 bits per heavy atom. The van der Waals surface area contributed by atoms with Gasteiger partial charge >= 0.3 is 0 Å². The van der Waals surface area contributed by atoms with E-state index in [0.717, 1.165) is 48.8 Å². The molecule has 7 heteroatoms. The van der Waals surface area contributed by atoms with Crippen LogP contribution >= 0.6 is 11.6 Å². The average Bonchev–Trinajstić information content (AvgIpc) is 2.98. The summed E-state index contributed by atoms with van der Waals surface area (Å²) >= 11 is 6.26. The van der Waals surface area contributed by atoms with Crippen molar-refractivity contribution >= 4 is 22.9 Å². The molecular weight excluding hydrogens is 386 g/mol. The molecule has 3 aromatic rings. The fraction of sp³-hybridized carbons (Fsp3) is 0.409. The van der Waals surface area contributed by atoms with Crippen LogP contribution in [0.1, 0.15) is 16.8 Å². The maximum absolute atomic E-state index is 6.26. The highest BCUT2D eigenvalue weighted by molar-refractivity contribution is 6.30. The molecular formula is C22H28ClN5O. The third-order valence-corrected chi connectivity index (χ3v) is 5.72. The van der Waals surface area contributed by atoms with Gasteiger partial charge in [-0.1, -0.05) is 11.6 Å². The van der Waals surface area contributed by atoms with Crippen LogP contribution in [-0.4, -0.2) is 54.2 Å². The van der Waals surface area contributed by atoms with Crippen LogP contribution in [0.15, 0.2) is 30.5 Å². The van der Waals surface area contributed by atoms with Gasteiger partial charge < -0.3 is 19.5 Å². The number of morpholine rings is 1. The van der Waals surface area contributed by atoms with Crippen molar-refractivity contribution < 1.29 is 4.74 Å². The Balaban J connectivity index is 1.83. The minimum absolute atomic E-state index is 0.147. The number of hydrazine groups is 1. The number of rotatable bonds is 5. The molecule has 154 valence electrons. The van der Waals surface area contributed by atoms with Crippen LogP contribution in [0.4, 0.5) is 5.69 Å². The number of halogens is 1. The van der Waals surface area contributed by atoms with Gasteiger partial charge in [0.05, 0.1) is 24.1 Å². The predicted molar refractivity (Wildman–Crippen MR) is 119 cm³/mol. The van der Waals surface area contributed by atoms with Crippen LogP contribution in [0.25, 0.3) is 16.9 Å². The zero-order valence-corrected chi connectivity index (χ0v) is 18.2. The molecule has 1 saturated heterocycles. The van der Waals surface area contributed by atoms with E-state index < -0.39 is 0 Å². The number of hydrogen-bond donors (Lipinski definition) is 2. The highest BCUT2D eigenvalue weighted by Gasteiger charge is 2.24. The number of aryl methyl sites for hydroxylation is 2.